The maximum atomic E-state index is 13.3. The van der Waals surface area contributed by atoms with Crippen molar-refractivity contribution in [2.75, 3.05) is 17.2 Å². The Labute approximate surface area is 204 Å². The summed E-state index contributed by atoms with van der Waals surface area (Å²) in [5.74, 6) is -0.260. The summed E-state index contributed by atoms with van der Waals surface area (Å²) >= 11 is 0. The number of benzene rings is 3. The van der Waals surface area contributed by atoms with Gasteiger partial charge in [0, 0.05) is 29.7 Å². The summed E-state index contributed by atoms with van der Waals surface area (Å²) in [6.07, 6.45) is 3.38. The van der Waals surface area contributed by atoms with E-state index >= 15 is 0 Å². The normalized spacial score (nSPS) is 10.4. The van der Waals surface area contributed by atoms with Gasteiger partial charge in [0.15, 0.2) is 0 Å². The standard InChI is InChI=1S/C28H27N5O2/c1-3-17-29-28(35)31-24-15-13-23(14-16-24)30-27(34)25-19-33(18-21-7-5-4-6-8-21)32-26(25)22-11-9-20(2)10-12-22/h3-16,19H,1,17-18H2,2H3,(H,30,34)(H2,29,31,35). The minimum absolute atomic E-state index is 0.260. The van der Waals surface area contributed by atoms with Crippen LogP contribution in [0.15, 0.2) is 97.7 Å². The molecule has 3 N–H and O–H groups in total. The Morgan fingerprint density at radius 1 is 0.914 bits per heavy atom. The first-order valence-corrected chi connectivity index (χ1v) is 11.3. The Morgan fingerprint density at radius 3 is 2.23 bits per heavy atom. The molecule has 0 radical (unpaired) electrons. The third kappa shape index (κ3) is 6.23. The number of aryl methyl sites for hydroxylation is 1. The summed E-state index contributed by atoms with van der Waals surface area (Å²) in [5, 5.41) is 13.0. The fourth-order valence-electron chi connectivity index (χ4n) is 3.54. The van der Waals surface area contributed by atoms with Crippen LogP contribution < -0.4 is 16.0 Å². The molecule has 0 saturated carbocycles. The summed E-state index contributed by atoms with van der Waals surface area (Å²) in [6, 6.07) is 24.5. The molecule has 1 aromatic heterocycles. The molecule has 4 aromatic rings. The first-order valence-electron chi connectivity index (χ1n) is 11.3. The maximum absolute atomic E-state index is 13.3. The van der Waals surface area contributed by atoms with Crippen LogP contribution in [0.1, 0.15) is 21.5 Å². The van der Waals surface area contributed by atoms with Gasteiger partial charge in [-0.3, -0.25) is 9.48 Å². The number of carbonyl (C=O) groups excluding carboxylic acids is 2. The molecule has 0 atom stereocenters. The number of carbonyl (C=O) groups is 2. The molecule has 0 saturated heterocycles. The van der Waals surface area contributed by atoms with Gasteiger partial charge in [0.2, 0.25) is 0 Å². The van der Waals surface area contributed by atoms with Crippen molar-refractivity contribution < 1.29 is 9.59 Å². The molecule has 0 unspecified atom stereocenters. The zero-order valence-corrected chi connectivity index (χ0v) is 19.5. The Kier molecular flexibility index (Phi) is 7.37. The Bertz CT molecular complexity index is 1310. The van der Waals surface area contributed by atoms with Crippen LogP contribution >= 0.6 is 0 Å². The number of rotatable bonds is 8. The van der Waals surface area contributed by atoms with E-state index in [1.165, 1.54) is 0 Å². The predicted octanol–water partition coefficient (Wildman–Crippen LogP) is 5.47. The SMILES string of the molecule is C=CCNC(=O)Nc1ccc(NC(=O)c2cn(Cc3ccccc3)nc2-c2ccc(C)cc2)cc1. The van der Waals surface area contributed by atoms with Crippen molar-refractivity contribution in [1.82, 2.24) is 15.1 Å². The molecule has 0 bridgehead atoms. The molecule has 0 aliphatic heterocycles. The summed E-state index contributed by atoms with van der Waals surface area (Å²) in [5.41, 5.74) is 5.43. The fraction of sp³-hybridized carbons (Fsp3) is 0.107. The predicted molar refractivity (Wildman–Crippen MR) is 140 cm³/mol. The molecule has 0 aliphatic carbocycles. The summed E-state index contributed by atoms with van der Waals surface area (Å²) in [4.78, 5) is 25.1. The molecule has 3 aromatic carbocycles. The summed E-state index contributed by atoms with van der Waals surface area (Å²) in [6.45, 7) is 6.52. The molecule has 7 heteroatoms. The van der Waals surface area contributed by atoms with Crippen molar-refractivity contribution >= 4 is 23.3 Å². The van der Waals surface area contributed by atoms with E-state index < -0.39 is 0 Å². The number of anilines is 2. The van der Waals surface area contributed by atoms with Gasteiger partial charge < -0.3 is 16.0 Å². The number of nitrogens with one attached hydrogen (secondary N) is 3. The zero-order chi connectivity index (χ0) is 24.6. The first-order chi connectivity index (χ1) is 17.0. The highest BCUT2D eigenvalue weighted by molar-refractivity contribution is 6.08. The fourth-order valence-corrected chi connectivity index (χ4v) is 3.54. The van der Waals surface area contributed by atoms with E-state index in [9.17, 15) is 9.59 Å². The highest BCUT2D eigenvalue weighted by Gasteiger charge is 2.18. The van der Waals surface area contributed by atoms with Gasteiger partial charge in [0.1, 0.15) is 5.69 Å². The molecule has 3 amide bonds. The van der Waals surface area contributed by atoms with Gasteiger partial charge in [-0.15, -0.1) is 6.58 Å². The second-order valence-corrected chi connectivity index (χ2v) is 8.10. The number of hydrogen-bond acceptors (Lipinski definition) is 3. The zero-order valence-electron chi connectivity index (χ0n) is 19.5. The highest BCUT2D eigenvalue weighted by atomic mass is 16.2. The van der Waals surface area contributed by atoms with Crippen LogP contribution in [-0.2, 0) is 6.54 Å². The molecule has 0 fully saturated rings. The smallest absolute Gasteiger partial charge is 0.319 e. The number of hydrogen-bond donors (Lipinski definition) is 3. The Hall–Kier alpha value is -4.65. The maximum Gasteiger partial charge on any atom is 0.319 e. The van der Waals surface area contributed by atoms with Crippen LogP contribution in [0.2, 0.25) is 0 Å². The number of urea groups is 1. The van der Waals surface area contributed by atoms with E-state index in [1.54, 1.807) is 41.2 Å². The topological polar surface area (TPSA) is 88.0 Å². The molecule has 7 nitrogen and oxygen atoms in total. The van der Waals surface area contributed by atoms with Crippen molar-refractivity contribution in [3.05, 3.63) is 114 Å². The van der Waals surface area contributed by atoms with Crippen LogP contribution in [0.3, 0.4) is 0 Å². The monoisotopic (exact) mass is 465 g/mol. The average molecular weight is 466 g/mol. The largest absolute Gasteiger partial charge is 0.334 e. The van der Waals surface area contributed by atoms with Gasteiger partial charge >= 0.3 is 6.03 Å². The lowest BCUT2D eigenvalue weighted by Gasteiger charge is -2.08. The lowest BCUT2D eigenvalue weighted by atomic mass is 10.1. The van der Waals surface area contributed by atoms with Gasteiger partial charge in [-0.25, -0.2) is 4.79 Å². The molecule has 176 valence electrons. The average Bonchev–Trinajstić information content (AvgIpc) is 3.29. The molecule has 4 rings (SSSR count). The minimum Gasteiger partial charge on any atom is -0.334 e. The van der Waals surface area contributed by atoms with Gasteiger partial charge in [-0.2, -0.15) is 5.10 Å². The lowest BCUT2D eigenvalue weighted by molar-refractivity contribution is 0.102. The second-order valence-electron chi connectivity index (χ2n) is 8.10. The van der Waals surface area contributed by atoms with Crippen molar-refractivity contribution in [2.45, 2.75) is 13.5 Å². The molecule has 0 aliphatic rings. The van der Waals surface area contributed by atoms with E-state index in [2.05, 4.69) is 22.5 Å². The van der Waals surface area contributed by atoms with Gasteiger partial charge in [0.25, 0.3) is 5.91 Å². The Balaban J connectivity index is 1.54. The van der Waals surface area contributed by atoms with E-state index in [0.717, 1.165) is 16.7 Å². The molecular weight excluding hydrogens is 438 g/mol. The van der Waals surface area contributed by atoms with Crippen molar-refractivity contribution in [3.8, 4) is 11.3 Å². The second kappa shape index (κ2) is 11.0. The van der Waals surface area contributed by atoms with Crippen molar-refractivity contribution in [1.29, 1.82) is 0 Å². The quantitative estimate of drug-likeness (QED) is 0.302. The van der Waals surface area contributed by atoms with Gasteiger partial charge in [-0.1, -0.05) is 66.2 Å². The van der Waals surface area contributed by atoms with E-state index in [1.807, 2.05) is 61.5 Å². The van der Waals surface area contributed by atoms with Crippen LogP contribution in [0.25, 0.3) is 11.3 Å². The summed E-state index contributed by atoms with van der Waals surface area (Å²) in [7, 11) is 0. The van der Waals surface area contributed by atoms with Crippen LogP contribution in [0.5, 0.6) is 0 Å². The van der Waals surface area contributed by atoms with Gasteiger partial charge in [0.05, 0.1) is 12.1 Å². The minimum atomic E-state index is -0.324. The van der Waals surface area contributed by atoms with Crippen LogP contribution in [0, 0.1) is 6.92 Å². The number of amides is 3. The first kappa shape index (κ1) is 23.5. The number of aromatic nitrogens is 2. The third-order valence-electron chi connectivity index (χ3n) is 5.33. The molecule has 1 heterocycles. The van der Waals surface area contributed by atoms with Crippen LogP contribution in [-0.4, -0.2) is 28.3 Å². The van der Waals surface area contributed by atoms with Crippen molar-refractivity contribution in [2.24, 2.45) is 0 Å². The van der Waals surface area contributed by atoms with Gasteiger partial charge in [-0.05, 0) is 36.8 Å². The Morgan fingerprint density at radius 2 is 1.57 bits per heavy atom. The van der Waals surface area contributed by atoms with E-state index in [4.69, 9.17) is 5.10 Å². The molecular formula is C28H27N5O2. The van der Waals surface area contributed by atoms with E-state index in [-0.39, 0.29) is 11.9 Å². The van der Waals surface area contributed by atoms with Crippen molar-refractivity contribution in [3.63, 3.8) is 0 Å². The van der Waals surface area contributed by atoms with E-state index in [0.29, 0.717) is 35.7 Å². The number of nitrogens with zero attached hydrogens (tertiary/aromatic N) is 2. The molecule has 0 spiro atoms. The summed E-state index contributed by atoms with van der Waals surface area (Å²) < 4.78 is 1.79. The lowest BCUT2D eigenvalue weighted by Crippen LogP contribution is -2.28. The molecule has 35 heavy (non-hydrogen) atoms. The van der Waals surface area contributed by atoms with Crippen LogP contribution in [0.4, 0.5) is 16.2 Å². The highest BCUT2D eigenvalue weighted by Crippen LogP contribution is 2.24. The third-order valence-corrected chi connectivity index (χ3v) is 5.33.